The molecule has 0 amide bonds. The molecule has 0 aliphatic carbocycles. The minimum atomic E-state index is -0.0813. The standard InChI is InChI=1S/C14H21NO2/c1-9-7-12(8-10(2)14(9)17-4)13(15)6-5-11(3)16/h7-8,13H,5-6,15H2,1-4H3. The Kier molecular flexibility index (Phi) is 4.70. The predicted octanol–water partition coefficient (Wildman–Crippen LogP) is 2.68. The second-order valence-electron chi connectivity index (χ2n) is 4.54. The molecule has 0 heterocycles. The van der Waals surface area contributed by atoms with Gasteiger partial charge < -0.3 is 15.3 Å². The van der Waals surface area contributed by atoms with Crippen molar-refractivity contribution in [1.82, 2.24) is 0 Å². The molecule has 0 fully saturated rings. The van der Waals surface area contributed by atoms with Crippen molar-refractivity contribution in [3.8, 4) is 5.75 Å². The van der Waals surface area contributed by atoms with Crippen molar-refractivity contribution in [2.24, 2.45) is 5.73 Å². The Morgan fingerprint density at radius 2 is 1.88 bits per heavy atom. The van der Waals surface area contributed by atoms with E-state index in [-0.39, 0.29) is 11.8 Å². The third-order valence-corrected chi connectivity index (χ3v) is 2.92. The van der Waals surface area contributed by atoms with Gasteiger partial charge in [-0.1, -0.05) is 12.1 Å². The molecule has 0 saturated carbocycles. The van der Waals surface area contributed by atoms with Gasteiger partial charge in [-0.15, -0.1) is 0 Å². The Labute approximate surface area is 103 Å². The normalized spacial score (nSPS) is 12.3. The van der Waals surface area contributed by atoms with Crippen LogP contribution in [-0.2, 0) is 4.79 Å². The molecule has 3 nitrogen and oxygen atoms in total. The number of ether oxygens (including phenoxy) is 1. The Morgan fingerprint density at radius 1 is 1.35 bits per heavy atom. The van der Waals surface area contributed by atoms with Gasteiger partial charge in [-0.2, -0.15) is 0 Å². The first kappa shape index (κ1) is 13.7. The quantitative estimate of drug-likeness (QED) is 0.853. The molecule has 1 unspecified atom stereocenters. The highest BCUT2D eigenvalue weighted by molar-refractivity contribution is 5.75. The van der Waals surface area contributed by atoms with E-state index in [0.717, 1.165) is 22.4 Å². The fraction of sp³-hybridized carbons (Fsp3) is 0.500. The maximum absolute atomic E-state index is 10.9. The lowest BCUT2D eigenvalue weighted by Gasteiger charge is -2.16. The van der Waals surface area contributed by atoms with E-state index < -0.39 is 0 Å². The Morgan fingerprint density at radius 3 is 2.29 bits per heavy atom. The molecule has 94 valence electrons. The van der Waals surface area contributed by atoms with E-state index in [1.807, 2.05) is 26.0 Å². The molecule has 1 atom stereocenters. The summed E-state index contributed by atoms with van der Waals surface area (Å²) in [6, 6.07) is 4.00. The summed E-state index contributed by atoms with van der Waals surface area (Å²) in [5.41, 5.74) is 9.32. The van der Waals surface area contributed by atoms with E-state index in [2.05, 4.69) is 0 Å². The zero-order chi connectivity index (χ0) is 13.0. The third kappa shape index (κ3) is 3.56. The number of carbonyl (C=O) groups is 1. The van der Waals surface area contributed by atoms with Gasteiger partial charge in [0.05, 0.1) is 7.11 Å². The molecule has 1 rings (SSSR count). The monoisotopic (exact) mass is 235 g/mol. The summed E-state index contributed by atoms with van der Waals surface area (Å²) in [5.74, 6) is 1.09. The van der Waals surface area contributed by atoms with Crippen LogP contribution in [0.5, 0.6) is 5.75 Å². The molecule has 17 heavy (non-hydrogen) atoms. The summed E-state index contributed by atoms with van der Waals surface area (Å²) >= 11 is 0. The molecule has 0 aliphatic rings. The van der Waals surface area contributed by atoms with Crippen molar-refractivity contribution in [1.29, 1.82) is 0 Å². The lowest BCUT2D eigenvalue weighted by Crippen LogP contribution is -2.12. The first-order valence-electron chi connectivity index (χ1n) is 5.86. The molecule has 1 aromatic rings. The summed E-state index contributed by atoms with van der Waals surface area (Å²) < 4.78 is 5.31. The van der Waals surface area contributed by atoms with Gasteiger partial charge >= 0.3 is 0 Å². The van der Waals surface area contributed by atoms with Crippen molar-refractivity contribution in [2.45, 2.75) is 39.7 Å². The van der Waals surface area contributed by atoms with Crippen LogP contribution in [0.2, 0.25) is 0 Å². The van der Waals surface area contributed by atoms with E-state index in [1.165, 1.54) is 0 Å². The number of nitrogens with two attached hydrogens (primary N) is 1. The molecule has 0 bridgehead atoms. The summed E-state index contributed by atoms with van der Waals surface area (Å²) in [7, 11) is 1.67. The minimum absolute atomic E-state index is 0.0813. The number of carbonyl (C=O) groups excluding carboxylic acids is 1. The number of hydrogen-bond acceptors (Lipinski definition) is 3. The highest BCUT2D eigenvalue weighted by atomic mass is 16.5. The minimum Gasteiger partial charge on any atom is -0.496 e. The first-order valence-corrected chi connectivity index (χ1v) is 5.86. The zero-order valence-electron chi connectivity index (χ0n) is 11.0. The molecule has 3 heteroatoms. The number of methoxy groups -OCH3 is 1. The van der Waals surface area contributed by atoms with Crippen molar-refractivity contribution >= 4 is 5.78 Å². The highest BCUT2D eigenvalue weighted by Gasteiger charge is 2.11. The highest BCUT2D eigenvalue weighted by Crippen LogP contribution is 2.27. The molecule has 2 N–H and O–H groups in total. The number of aryl methyl sites for hydroxylation is 2. The van der Waals surface area contributed by atoms with Gasteiger partial charge in [0.15, 0.2) is 0 Å². The van der Waals surface area contributed by atoms with Gasteiger partial charge in [0, 0.05) is 12.5 Å². The van der Waals surface area contributed by atoms with Gasteiger partial charge in [-0.25, -0.2) is 0 Å². The van der Waals surface area contributed by atoms with Gasteiger partial charge in [0.25, 0.3) is 0 Å². The number of Topliss-reactive ketones (excluding diaryl/α,β-unsaturated/α-hetero) is 1. The van der Waals surface area contributed by atoms with E-state index in [4.69, 9.17) is 10.5 Å². The molecule has 0 radical (unpaired) electrons. The smallest absolute Gasteiger partial charge is 0.129 e. The van der Waals surface area contributed by atoms with Gasteiger partial charge in [0.2, 0.25) is 0 Å². The molecule has 0 spiro atoms. The maximum Gasteiger partial charge on any atom is 0.129 e. The van der Waals surface area contributed by atoms with Gasteiger partial charge in [-0.05, 0) is 43.9 Å². The maximum atomic E-state index is 10.9. The Hall–Kier alpha value is -1.35. The van der Waals surface area contributed by atoms with E-state index in [1.54, 1.807) is 14.0 Å². The van der Waals surface area contributed by atoms with Crippen LogP contribution in [0.4, 0.5) is 0 Å². The fourth-order valence-corrected chi connectivity index (χ4v) is 2.05. The molecule has 0 aliphatic heterocycles. The Bertz CT molecular complexity index is 390. The summed E-state index contributed by atoms with van der Waals surface area (Å²) in [6.07, 6.45) is 1.23. The second kappa shape index (κ2) is 5.82. The largest absolute Gasteiger partial charge is 0.496 e. The first-order chi connectivity index (χ1) is 7.95. The number of ketones is 1. The van der Waals surface area contributed by atoms with Crippen molar-refractivity contribution in [3.05, 3.63) is 28.8 Å². The van der Waals surface area contributed by atoms with Crippen LogP contribution in [0.1, 0.15) is 42.5 Å². The van der Waals surface area contributed by atoms with Crippen LogP contribution in [0.3, 0.4) is 0 Å². The van der Waals surface area contributed by atoms with Crippen LogP contribution >= 0.6 is 0 Å². The van der Waals surface area contributed by atoms with Crippen LogP contribution < -0.4 is 10.5 Å². The lowest BCUT2D eigenvalue weighted by atomic mass is 9.97. The van der Waals surface area contributed by atoms with E-state index in [9.17, 15) is 4.79 Å². The second-order valence-corrected chi connectivity index (χ2v) is 4.54. The zero-order valence-corrected chi connectivity index (χ0v) is 11.0. The van der Waals surface area contributed by atoms with Crippen LogP contribution in [0.25, 0.3) is 0 Å². The summed E-state index contributed by atoms with van der Waals surface area (Å²) in [4.78, 5) is 10.9. The van der Waals surface area contributed by atoms with E-state index >= 15 is 0 Å². The average Bonchev–Trinajstić information content (AvgIpc) is 2.25. The Balaban J connectivity index is 2.88. The predicted molar refractivity (Wildman–Crippen MR) is 69.3 cm³/mol. The SMILES string of the molecule is COc1c(C)cc(C(N)CCC(C)=O)cc1C. The number of hydrogen-bond donors (Lipinski definition) is 1. The van der Waals surface area contributed by atoms with Crippen molar-refractivity contribution < 1.29 is 9.53 Å². The van der Waals surface area contributed by atoms with Crippen LogP contribution in [0.15, 0.2) is 12.1 Å². The van der Waals surface area contributed by atoms with Gasteiger partial charge in [-0.3, -0.25) is 0 Å². The van der Waals surface area contributed by atoms with Gasteiger partial charge in [0.1, 0.15) is 11.5 Å². The van der Waals surface area contributed by atoms with Crippen molar-refractivity contribution in [3.63, 3.8) is 0 Å². The average molecular weight is 235 g/mol. The van der Waals surface area contributed by atoms with Crippen molar-refractivity contribution in [2.75, 3.05) is 7.11 Å². The third-order valence-electron chi connectivity index (χ3n) is 2.92. The lowest BCUT2D eigenvalue weighted by molar-refractivity contribution is -0.117. The molecule has 0 aromatic heterocycles. The fourth-order valence-electron chi connectivity index (χ4n) is 2.05. The molecule has 1 aromatic carbocycles. The summed E-state index contributed by atoms with van der Waals surface area (Å²) in [6.45, 7) is 5.61. The molecular weight excluding hydrogens is 214 g/mol. The van der Waals surface area contributed by atoms with Crippen LogP contribution in [0, 0.1) is 13.8 Å². The van der Waals surface area contributed by atoms with Crippen LogP contribution in [-0.4, -0.2) is 12.9 Å². The molecule has 0 saturated heterocycles. The molecular formula is C14H21NO2. The topological polar surface area (TPSA) is 52.3 Å². The van der Waals surface area contributed by atoms with E-state index in [0.29, 0.717) is 12.8 Å². The summed E-state index contributed by atoms with van der Waals surface area (Å²) in [5, 5.41) is 0. The number of rotatable bonds is 5. The number of benzene rings is 1.